The van der Waals surface area contributed by atoms with E-state index in [1.54, 1.807) is 66.3 Å². The minimum absolute atomic E-state index is 0.0382. The highest BCUT2D eigenvalue weighted by atomic mass is 33.7. The Balaban J connectivity index is -0.000000402. The number of likely N-dealkylation sites (N-methyl/N-ethyl adjacent to an activating group) is 1. The smallest absolute Gasteiger partial charge is 0.326 e. The molecule has 4 aromatic carbocycles. The summed E-state index contributed by atoms with van der Waals surface area (Å²) in [5, 5.41) is 33.1. The molecule has 0 aliphatic carbocycles. The Morgan fingerprint density at radius 1 is 0.440 bits per heavy atom. The molecular weight excluding hydrogens is 1770 g/mol. The molecule has 9 N–H and O–H groups in total. The van der Waals surface area contributed by atoms with Crippen LogP contribution in [0.15, 0.2) is 97.1 Å². The van der Waals surface area contributed by atoms with Crippen LogP contribution >= 0.6 is 141 Å². The third-order valence-electron chi connectivity index (χ3n) is 13.9. The number of amides is 1. The largest absolute Gasteiger partial charge is 0.497 e. The fourth-order valence-electron chi connectivity index (χ4n) is 7.55. The lowest BCUT2D eigenvalue weighted by atomic mass is 10.1. The van der Waals surface area contributed by atoms with Crippen LogP contribution in [0, 0.1) is 12.8 Å². The van der Waals surface area contributed by atoms with Gasteiger partial charge in [-0.05, 0) is 231 Å². The Bertz CT molecular complexity index is 3910. The number of ketones is 1. The number of hydrogen-bond acceptors (Lipinski definition) is 31. The standard InChI is InChI=1S/C15H14O2P2S4.C10H10O2S.C9H10OS.C8H13NO3S.2C7H13NO2S.C7H13NOS.C7H12O2S.C5H8O2S.C4H8OS/c1-11-3-7-14(8-4-11)18(20)22-19(21,23-18)15-9-5-13(6-10-15)17-12(2)16;1-7(13)9-3-5-10(6-4-9)12-8(2)11;1-7(11)8-3-5-9(10-2)6-4-8;1-5(13)3-4-7(8(11)12)9-6(2)10;1-5(11)3-4-6(8)7(9)10-2;1-5(11)3-4-6(8-2)7(9)10;1-5(10)3-4-7(8)6(2)9;1-5(7(8)9)3-4-6(2)10;1-4(8)3-7-5(2)6;1-4(6)3-5-2/h3-10H,1-2H3;3-6H,1-2H3;3-6H,1-2H3;7H,3-4H2,1-2H3,(H,9,10)(H,11,12);6H,3-4,8H2,1-2H3;6,8H,3-4H2,1-2H3,(H,9,10);7H,3-4,8H2,1-2H3;5H,3-4H2,1-2H3,(H,8,9);3H2,1-2H3;3H2,1-2H3. The lowest BCUT2D eigenvalue weighted by Crippen LogP contribution is -2.39. The highest BCUT2D eigenvalue weighted by Crippen LogP contribution is 3.04. The third-order valence-corrected chi connectivity index (χ3v) is 46.9. The van der Waals surface area contributed by atoms with Gasteiger partial charge in [-0.25, -0.2) is 4.79 Å². The van der Waals surface area contributed by atoms with Crippen LogP contribution in [0.3, 0.4) is 0 Å². The van der Waals surface area contributed by atoms with Gasteiger partial charge in [-0.2, -0.15) is 0 Å². The van der Waals surface area contributed by atoms with Crippen LogP contribution in [0.25, 0.3) is 0 Å². The number of carbonyl (C=O) groups excluding carboxylic acids is 6. The Kier molecular flexibility index (Phi) is 70.4. The zero-order valence-electron chi connectivity index (χ0n) is 69.4. The second-order valence-electron chi connectivity index (χ2n) is 25.2. The number of rotatable bonds is 33. The third kappa shape index (κ3) is 66.5. The average molecular weight is 1890 g/mol. The highest BCUT2D eigenvalue weighted by Gasteiger charge is 2.46. The molecule has 5 unspecified atom stereocenters. The number of nitrogens with two attached hydrogens (primary N) is 2. The summed E-state index contributed by atoms with van der Waals surface area (Å²) in [5.74, 6) is -2.46. The van der Waals surface area contributed by atoms with Gasteiger partial charge >= 0.3 is 41.8 Å². The predicted molar refractivity (Wildman–Crippen MR) is 521 cm³/mol. The summed E-state index contributed by atoms with van der Waals surface area (Å²) in [5.41, 5.74) is 14.2. The van der Waals surface area contributed by atoms with Gasteiger partial charge in [0, 0.05) is 64.9 Å². The Morgan fingerprint density at radius 2 is 0.776 bits per heavy atom. The number of aryl methyl sites for hydroxylation is 1. The number of ether oxygens (including phenoxy) is 6. The van der Waals surface area contributed by atoms with Crippen molar-refractivity contribution in [2.45, 2.75) is 199 Å². The van der Waals surface area contributed by atoms with E-state index in [4.69, 9.17) is 150 Å². The molecule has 1 heterocycles. The molecule has 37 heteroatoms. The zero-order valence-corrected chi connectivity index (χ0v) is 81.8. The number of benzene rings is 4. The van der Waals surface area contributed by atoms with E-state index in [1.807, 2.05) is 119 Å². The molecule has 1 amide bonds. The first kappa shape index (κ1) is 119. The van der Waals surface area contributed by atoms with E-state index < -0.39 is 44.9 Å². The molecule has 646 valence electrons. The number of Topliss-reactive ketones (excluding diaryl/α,β-unsaturated/α-hetero) is 1. The number of nitrogens with one attached hydrogen (secondary N) is 2. The summed E-state index contributed by atoms with van der Waals surface area (Å²) >= 11 is 58.8. The van der Waals surface area contributed by atoms with Crippen molar-refractivity contribution in [3.05, 3.63) is 114 Å². The van der Waals surface area contributed by atoms with Gasteiger partial charge in [0.15, 0.2) is 0 Å². The van der Waals surface area contributed by atoms with E-state index in [1.165, 1.54) is 52.6 Å². The lowest BCUT2D eigenvalue weighted by Gasteiger charge is -2.40. The van der Waals surface area contributed by atoms with Crippen LogP contribution in [0.5, 0.6) is 17.2 Å². The van der Waals surface area contributed by atoms with E-state index in [2.05, 4.69) is 80.5 Å². The van der Waals surface area contributed by atoms with Gasteiger partial charge < -0.3 is 65.8 Å². The van der Waals surface area contributed by atoms with Crippen molar-refractivity contribution in [2.75, 3.05) is 41.6 Å². The maximum Gasteiger partial charge on any atom is 0.326 e. The number of methoxy groups -OCH3 is 3. The summed E-state index contributed by atoms with van der Waals surface area (Å²) in [7, 11) is 6.25. The Labute approximate surface area is 752 Å². The number of carboxylic acid groups (broad SMARTS) is 3. The number of hydrogen-bond donors (Lipinski definition) is 7. The first-order valence-electron chi connectivity index (χ1n) is 35.4. The van der Waals surface area contributed by atoms with Gasteiger partial charge in [0.2, 0.25) is 5.91 Å². The van der Waals surface area contributed by atoms with E-state index in [0.29, 0.717) is 74.3 Å². The molecule has 4 aromatic rings. The molecule has 0 saturated carbocycles. The van der Waals surface area contributed by atoms with Crippen LogP contribution in [0.2, 0.25) is 0 Å². The van der Waals surface area contributed by atoms with Gasteiger partial charge in [0.25, 0.3) is 0 Å². The molecule has 1 saturated heterocycles. The first-order chi connectivity index (χ1) is 53.7. The summed E-state index contributed by atoms with van der Waals surface area (Å²) < 4.78 is 25.2. The maximum atomic E-state index is 11.0. The van der Waals surface area contributed by atoms with Crippen molar-refractivity contribution in [1.29, 1.82) is 0 Å². The van der Waals surface area contributed by atoms with Crippen molar-refractivity contribution in [1.82, 2.24) is 10.6 Å². The first-order valence-corrected chi connectivity index (χ1v) is 48.8. The lowest BCUT2D eigenvalue weighted by molar-refractivity contribution is -0.142. The minimum Gasteiger partial charge on any atom is -0.497 e. The fraction of sp³-hybridized carbons (Fsp3) is 0.468. The monoisotopic (exact) mass is 1880 g/mol. The number of carboxylic acids is 3. The van der Waals surface area contributed by atoms with Crippen LogP contribution < -0.4 is 46.9 Å². The summed E-state index contributed by atoms with van der Waals surface area (Å²) in [4.78, 5) is 102. The van der Waals surface area contributed by atoms with E-state index in [-0.39, 0.29) is 54.1 Å². The van der Waals surface area contributed by atoms with Gasteiger partial charge in [-0.1, -0.05) is 217 Å². The van der Waals surface area contributed by atoms with Gasteiger partial charge in [-0.3, -0.25) is 38.4 Å². The van der Waals surface area contributed by atoms with Crippen molar-refractivity contribution in [2.24, 2.45) is 17.4 Å². The molecule has 116 heavy (non-hydrogen) atoms. The van der Waals surface area contributed by atoms with Crippen molar-refractivity contribution < 1.29 is 86.9 Å². The normalized spacial score (nSPS) is 14.0. The van der Waals surface area contributed by atoms with Gasteiger partial charge in [0.05, 0.1) is 41.7 Å². The van der Waals surface area contributed by atoms with Crippen LogP contribution in [-0.4, -0.2) is 178 Å². The molecule has 0 aromatic heterocycles. The maximum absolute atomic E-state index is 11.0. The second-order valence-corrected chi connectivity index (χ2v) is 52.6. The SMILES string of the molecule is CC(=O)C(N)CCC(C)=S.CC(=O)NC(CCC(C)=S)C(=O)O.CC(=O)OCC(C)=S.CC(=O)Oc1ccc(C(C)=S)cc1.CC(=O)Oc1ccc(P2(=S)SP(=S)(c3ccc(C)cc3)S2)cc1.CC(=S)CCC(C)C(=O)O.CNC(CCC(C)=S)C(=O)O.COC(=O)C(N)CCC(C)=S.COCC(C)=S.COc1ccc(C(C)=S)cc1. The van der Waals surface area contributed by atoms with E-state index in [0.717, 1.165) is 73.9 Å². The quantitative estimate of drug-likeness (QED) is 0.00766. The molecule has 1 aliphatic heterocycles. The topological polar surface area (TPSA) is 346 Å². The predicted octanol–water partition coefficient (Wildman–Crippen LogP) is 16.9. The number of aliphatic carboxylic acids is 3. The fourth-order valence-corrected chi connectivity index (χ4v) is 50.9. The summed E-state index contributed by atoms with van der Waals surface area (Å²) in [6, 6.07) is 28.8. The molecule has 1 aliphatic rings. The highest BCUT2D eigenvalue weighted by molar-refractivity contribution is 9.48. The second kappa shape index (κ2) is 68.4. The molecule has 5 rings (SSSR count). The van der Waals surface area contributed by atoms with Gasteiger partial charge in [0.1, 0.15) is 47.8 Å². The molecular formula is C79H114N4O18P2S13. The molecule has 5 atom stereocenters. The molecule has 22 nitrogen and oxygen atoms in total. The number of thiocarbonyl (C=S) groups is 9. The summed E-state index contributed by atoms with van der Waals surface area (Å²) in [6.07, 6.45) is 6.27. The van der Waals surface area contributed by atoms with Crippen molar-refractivity contribution in [3.8, 4) is 17.2 Å². The average Bonchev–Trinajstić information content (AvgIpc) is 0.731. The number of esters is 4. The van der Waals surface area contributed by atoms with Gasteiger partial charge in [-0.15, -0.1) is 0 Å². The summed E-state index contributed by atoms with van der Waals surface area (Å²) in [6.45, 7) is 28.0. The van der Waals surface area contributed by atoms with E-state index >= 15 is 0 Å². The Morgan fingerprint density at radius 3 is 1.04 bits per heavy atom. The van der Waals surface area contributed by atoms with Crippen molar-refractivity contribution in [3.63, 3.8) is 0 Å². The molecule has 0 bridgehead atoms. The van der Waals surface area contributed by atoms with Crippen molar-refractivity contribution >= 4 is 272 Å². The molecule has 0 spiro atoms. The van der Waals surface area contributed by atoms with Crippen LogP contribution in [0.4, 0.5) is 0 Å². The zero-order chi connectivity index (χ0) is 90.8. The van der Waals surface area contributed by atoms with E-state index in [9.17, 15) is 43.2 Å². The van der Waals surface area contributed by atoms with Crippen LogP contribution in [-0.2, 0) is 81.0 Å². The molecule has 1 fully saturated rings. The molecule has 0 radical (unpaired) electrons. The minimum atomic E-state index is -1.73. The Hall–Kier alpha value is -5.24. The number of carbonyl (C=O) groups is 9. The van der Waals surface area contributed by atoms with Crippen LogP contribution in [0.1, 0.15) is 185 Å².